The van der Waals surface area contributed by atoms with E-state index < -0.39 is 0 Å². The van der Waals surface area contributed by atoms with E-state index in [2.05, 4.69) is 73.2 Å². The van der Waals surface area contributed by atoms with Crippen LogP contribution < -0.4 is 5.32 Å². The Morgan fingerprint density at radius 1 is 1.07 bits per heavy atom. The molecule has 1 amide bonds. The van der Waals surface area contributed by atoms with Crippen molar-refractivity contribution in [2.45, 2.75) is 59.3 Å². The molecule has 3 N–H and O–H groups in total. The molecule has 164 valence electrons. The van der Waals surface area contributed by atoms with Crippen LogP contribution in [0.15, 0.2) is 40.4 Å². The van der Waals surface area contributed by atoms with E-state index in [1.807, 2.05) is 13.0 Å². The third-order valence-corrected chi connectivity index (χ3v) is 4.64. The summed E-state index contributed by atoms with van der Waals surface area (Å²) < 4.78 is 3.84. The van der Waals surface area contributed by atoms with Crippen LogP contribution in [0.25, 0.3) is 0 Å². The molecule has 30 heavy (non-hydrogen) atoms. The second-order valence-corrected chi connectivity index (χ2v) is 9.37. The van der Waals surface area contributed by atoms with Gasteiger partial charge in [-0.1, -0.05) is 12.1 Å². The molecule has 0 aliphatic heterocycles. The fraction of sp³-hybridized carbons (Fsp3) is 0.417. The topological polar surface area (TPSA) is 81.9 Å². The molecule has 0 radical (unpaired) electrons. The zero-order valence-corrected chi connectivity index (χ0v) is 20.1. The number of amides is 1. The van der Waals surface area contributed by atoms with E-state index in [0.717, 1.165) is 11.1 Å². The molecule has 2 aromatic carbocycles. The van der Waals surface area contributed by atoms with Gasteiger partial charge < -0.3 is 10.4 Å². The second-order valence-electron chi connectivity index (χ2n) is 9.06. The van der Waals surface area contributed by atoms with E-state index >= 15 is 0 Å². The van der Waals surface area contributed by atoms with Gasteiger partial charge in [0.2, 0.25) is 0 Å². The van der Waals surface area contributed by atoms with Crippen molar-refractivity contribution in [1.29, 1.82) is 0 Å². The molecule has 0 atom stereocenters. The number of benzene rings is 2. The van der Waals surface area contributed by atoms with Gasteiger partial charge in [0.1, 0.15) is 5.75 Å². The van der Waals surface area contributed by atoms with Crippen molar-refractivity contribution in [3.05, 3.63) is 58.7 Å². The summed E-state index contributed by atoms with van der Waals surface area (Å²) in [5.74, 6) is 0.0951. The Balaban J connectivity index is 0.000000325. The largest absolute Gasteiger partial charge is 0.507 e. The number of nitrogens with one attached hydrogen (secondary N) is 1. The van der Waals surface area contributed by atoms with Crippen LogP contribution in [0.5, 0.6) is 11.5 Å². The molecule has 0 aromatic heterocycles. The van der Waals surface area contributed by atoms with Crippen molar-refractivity contribution in [2.75, 3.05) is 6.54 Å². The van der Waals surface area contributed by atoms with Crippen LogP contribution in [-0.2, 0) is 27.1 Å². The van der Waals surface area contributed by atoms with E-state index in [-0.39, 0.29) is 22.5 Å². The molecule has 0 aliphatic carbocycles. The monoisotopic (exact) mass is 452 g/mol. The summed E-state index contributed by atoms with van der Waals surface area (Å²) in [6.07, 6.45) is 1.64. The predicted octanol–water partition coefficient (Wildman–Crippen LogP) is 5.01. The Labute approximate surface area is 188 Å². The predicted molar refractivity (Wildman–Crippen MR) is 119 cm³/mol. The summed E-state index contributed by atoms with van der Waals surface area (Å²) in [5, 5.41) is 22.2. The number of phenolic OH excluding ortho intramolecular Hbond substituents is 2. The van der Waals surface area contributed by atoms with Gasteiger partial charge in [0.15, 0.2) is 0 Å². The molecule has 5 nitrogen and oxygen atoms in total. The molecule has 0 unspecified atom stereocenters. The van der Waals surface area contributed by atoms with Crippen molar-refractivity contribution in [3.63, 3.8) is 0 Å². The van der Waals surface area contributed by atoms with E-state index in [0.29, 0.717) is 17.9 Å². The normalized spacial score (nSPS) is 11.7. The molecule has 2 aromatic rings. The molecule has 0 saturated carbocycles. The van der Waals surface area contributed by atoms with Gasteiger partial charge in [0.25, 0.3) is 5.91 Å². The molecule has 0 saturated heterocycles. The molecular weight excluding hydrogens is 419 g/mol. The van der Waals surface area contributed by atoms with Crippen LogP contribution in [0.3, 0.4) is 0 Å². The van der Waals surface area contributed by atoms with E-state index in [1.165, 1.54) is 11.6 Å². The summed E-state index contributed by atoms with van der Waals surface area (Å²) in [4.78, 5) is 11.2. The third kappa shape index (κ3) is 7.19. The molecule has 0 spiro atoms. The fourth-order valence-electron chi connectivity index (χ4n) is 2.73. The molecule has 0 fully saturated rings. The SMILES string of the molecule is CC(C)(C)c1cc(C=[N][Mn])c(O)c(C(C)(C)C)c1.CCNC(=O)c1ccccc1O. The summed E-state index contributed by atoms with van der Waals surface area (Å²) >= 11 is 3.03. The number of rotatable bonds is 3. The number of hydrogen-bond donors (Lipinski definition) is 3. The minimum absolute atomic E-state index is 0.0171. The zero-order valence-electron chi connectivity index (χ0n) is 18.9. The van der Waals surface area contributed by atoms with Crippen LogP contribution in [0, 0.1) is 0 Å². The van der Waals surface area contributed by atoms with Gasteiger partial charge in [-0.05, 0) is 19.1 Å². The van der Waals surface area contributed by atoms with Gasteiger partial charge in [-0.3, -0.25) is 4.79 Å². The minimum atomic E-state index is -0.240. The molecule has 0 heterocycles. The quantitative estimate of drug-likeness (QED) is 0.452. The Bertz CT molecular complexity index is 894. The first-order valence-corrected chi connectivity index (χ1v) is 10.4. The van der Waals surface area contributed by atoms with Gasteiger partial charge in [-0.25, -0.2) is 0 Å². The average Bonchev–Trinajstić information content (AvgIpc) is 2.62. The van der Waals surface area contributed by atoms with Crippen LogP contribution in [0.4, 0.5) is 0 Å². The van der Waals surface area contributed by atoms with Gasteiger partial charge in [0, 0.05) is 6.54 Å². The Morgan fingerprint density at radius 2 is 1.67 bits per heavy atom. The molecular formula is C24H33MnN2O3. The van der Waals surface area contributed by atoms with Gasteiger partial charge in [-0.15, -0.1) is 0 Å². The third-order valence-electron chi connectivity index (χ3n) is 4.49. The summed E-state index contributed by atoms with van der Waals surface area (Å²) in [6, 6.07) is 10.6. The molecule has 0 aliphatic rings. The van der Waals surface area contributed by atoms with E-state index in [1.54, 1.807) is 24.4 Å². The maximum atomic E-state index is 11.2. The maximum Gasteiger partial charge on any atom is 0.255 e. The van der Waals surface area contributed by atoms with Crippen molar-refractivity contribution in [3.8, 4) is 11.5 Å². The fourth-order valence-corrected chi connectivity index (χ4v) is 2.90. The number of hydrogen-bond acceptors (Lipinski definition) is 4. The second kappa shape index (κ2) is 10.6. The zero-order chi connectivity index (χ0) is 23.1. The first-order chi connectivity index (χ1) is 13.8. The summed E-state index contributed by atoms with van der Waals surface area (Å²) in [5.41, 5.74) is 3.18. The van der Waals surface area contributed by atoms with Crippen LogP contribution in [0.2, 0.25) is 0 Å². The number of para-hydroxylation sites is 1. The number of carbonyl (C=O) groups excluding carboxylic acids is 1. The molecule has 6 heteroatoms. The number of phenols is 2. The number of aromatic hydroxyl groups is 2. The van der Waals surface area contributed by atoms with Gasteiger partial charge in [0.05, 0.1) is 5.56 Å². The Hall–Kier alpha value is -2.30. The summed E-state index contributed by atoms with van der Waals surface area (Å²) in [6.45, 7) is 15.2. The van der Waals surface area contributed by atoms with Crippen LogP contribution in [-0.4, -0.2) is 28.9 Å². The Kier molecular flexibility index (Phi) is 9.13. The Morgan fingerprint density at radius 3 is 2.13 bits per heavy atom. The maximum absolute atomic E-state index is 11.2. The molecule has 2 rings (SSSR count). The average molecular weight is 452 g/mol. The van der Waals surface area contributed by atoms with Crippen molar-refractivity contribution in [1.82, 2.24) is 5.32 Å². The van der Waals surface area contributed by atoms with E-state index in [4.69, 9.17) is 0 Å². The van der Waals surface area contributed by atoms with E-state index in [9.17, 15) is 15.0 Å². The first kappa shape index (κ1) is 25.7. The number of carbonyl (C=O) groups is 1. The first-order valence-electron chi connectivity index (χ1n) is 9.91. The van der Waals surface area contributed by atoms with Crippen molar-refractivity contribution in [2.24, 2.45) is 4.01 Å². The standard InChI is InChI=1S/C15H22NO.C9H11NO2.Mn/c1-14(2,3)11-7-10(9-16)13(17)12(8-11)15(4,5)6;1-2-10-9(12)7-5-3-4-6-8(7)11;/h7-9,17H,1-6H3;3-6,11H,2H2,1H3,(H,10,12);/q-1;;+1. The van der Waals surface area contributed by atoms with Crippen molar-refractivity contribution < 1.29 is 31.2 Å². The molecule has 0 bridgehead atoms. The van der Waals surface area contributed by atoms with Crippen LogP contribution in [0.1, 0.15) is 75.5 Å². The number of nitrogens with zero attached hydrogens (tertiary/aromatic N) is 1. The van der Waals surface area contributed by atoms with Crippen LogP contribution >= 0.6 is 0 Å². The van der Waals surface area contributed by atoms with Gasteiger partial charge >= 0.3 is 119 Å². The minimum Gasteiger partial charge on any atom is -0.507 e. The summed E-state index contributed by atoms with van der Waals surface area (Å²) in [7, 11) is 0. The van der Waals surface area contributed by atoms with Crippen molar-refractivity contribution >= 4 is 12.1 Å². The van der Waals surface area contributed by atoms with Gasteiger partial charge in [-0.2, -0.15) is 0 Å². The smallest absolute Gasteiger partial charge is 0.255 e.